The monoisotopic (exact) mass is 226 g/mol. The van der Waals surface area contributed by atoms with E-state index in [9.17, 15) is 0 Å². The van der Waals surface area contributed by atoms with Crippen LogP contribution in [-0.2, 0) is 6.42 Å². The fourth-order valence-electron chi connectivity index (χ4n) is 2.53. The molecule has 0 N–H and O–H groups in total. The van der Waals surface area contributed by atoms with Crippen LogP contribution in [0.15, 0.2) is 36.4 Å². The van der Waals surface area contributed by atoms with Crippen molar-refractivity contribution in [3.63, 3.8) is 0 Å². The molecule has 0 bridgehead atoms. The predicted octanol–water partition coefficient (Wildman–Crippen LogP) is 3.28. The van der Waals surface area contributed by atoms with Gasteiger partial charge in [-0.1, -0.05) is 30.3 Å². The van der Waals surface area contributed by atoms with Crippen LogP contribution in [0.2, 0.25) is 0 Å². The Bertz CT molecular complexity index is 573. The quantitative estimate of drug-likeness (QED) is 0.667. The molecule has 17 heavy (non-hydrogen) atoms. The Morgan fingerprint density at radius 2 is 1.71 bits per heavy atom. The van der Waals surface area contributed by atoms with Gasteiger partial charge in [-0.25, -0.2) is 0 Å². The minimum absolute atomic E-state index is 0.794. The highest BCUT2D eigenvalue weighted by atomic mass is 16.5. The second-order valence-corrected chi connectivity index (χ2v) is 4.17. The van der Waals surface area contributed by atoms with E-state index in [2.05, 4.69) is 30.3 Å². The van der Waals surface area contributed by atoms with Gasteiger partial charge in [-0.05, 0) is 29.2 Å². The smallest absolute Gasteiger partial charge is 0.168 e. The molecule has 0 atom stereocenters. The van der Waals surface area contributed by atoms with Crippen molar-refractivity contribution in [2.75, 3.05) is 14.2 Å². The van der Waals surface area contributed by atoms with Crippen molar-refractivity contribution in [3.8, 4) is 22.6 Å². The zero-order valence-electron chi connectivity index (χ0n) is 9.99. The molecule has 2 heteroatoms. The predicted molar refractivity (Wildman–Crippen MR) is 67.8 cm³/mol. The van der Waals surface area contributed by atoms with Gasteiger partial charge in [0.1, 0.15) is 0 Å². The summed E-state index contributed by atoms with van der Waals surface area (Å²) in [5.41, 5.74) is 5.11. The fraction of sp³-hybridized carbons (Fsp3) is 0.200. The van der Waals surface area contributed by atoms with Crippen LogP contribution in [0, 0.1) is 0 Å². The Kier molecular flexibility index (Phi) is 2.29. The number of ether oxygens (including phenoxy) is 2. The SMILES string of the molecule is COc1ccc2c(c1OC)-c1ccccc1C2. The molecule has 0 heterocycles. The van der Waals surface area contributed by atoms with Crippen molar-refractivity contribution in [3.05, 3.63) is 47.5 Å². The van der Waals surface area contributed by atoms with Crippen molar-refractivity contribution in [1.82, 2.24) is 0 Å². The molecule has 0 aliphatic heterocycles. The average Bonchev–Trinajstić information content (AvgIpc) is 2.76. The van der Waals surface area contributed by atoms with E-state index >= 15 is 0 Å². The van der Waals surface area contributed by atoms with Crippen LogP contribution in [-0.4, -0.2) is 14.2 Å². The lowest BCUT2D eigenvalue weighted by Crippen LogP contribution is -1.93. The molecule has 2 aromatic carbocycles. The Morgan fingerprint density at radius 1 is 0.882 bits per heavy atom. The Balaban J connectivity index is 2.29. The lowest BCUT2D eigenvalue weighted by atomic mass is 10.0. The van der Waals surface area contributed by atoms with Crippen LogP contribution >= 0.6 is 0 Å². The van der Waals surface area contributed by atoms with Gasteiger partial charge >= 0.3 is 0 Å². The number of rotatable bonds is 2. The summed E-state index contributed by atoms with van der Waals surface area (Å²) >= 11 is 0. The van der Waals surface area contributed by atoms with Gasteiger partial charge in [-0.3, -0.25) is 0 Å². The molecule has 0 fully saturated rings. The van der Waals surface area contributed by atoms with Gasteiger partial charge in [0.2, 0.25) is 0 Å². The highest BCUT2D eigenvalue weighted by Crippen LogP contribution is 2.46. The van der Waals surface area contributed by atoms with Gasteiger partial charge in [-0.15, -0.1) is 0 Å². The fourth-order valence-corrected chi connectivity index (χ4v) is 2.53. The summed E-state index contributed by atoms with van der Waals surface area (Å²) in [5.74, 6) is 1.64. The van der Waals surface area contributed by atoms with Gasteiger partial charge in [0.25, 0.3) is 0 Å². The third kappa shape index (κ3) is 1.41. The van der Waals surface area contributed by atoms with E-state index in [4.69, 9.17) is 9.47 Å². The van der Waals surface area contributed by atoms with Crippen molar-refractivity contribution in [1.29, 1.82) is 0 Å². The molecular weight excluding hydrogens is 212 g/mol. The lowest BCUT2D eigenvalue weighted by Gasteiger charge is -2.12. The molecule has 0 saturated carbocycles. The minimum Gasteiger partial charge on any atom is -0.493 e. The Labute approximate surface area is 101 Å². The minimum atomic E-state index is 0.794. The number of benzene rings is 2. The lowest BCUT2D eigenvalue weighted by molar-refractivity contribution is 0.356. The van der Waals surface area contributed by atoms with Crippen LogP contribution in [0.3, 0.4) is 0 Å². The maximum absolute atomic E-state index is 5.51. The van der Waals surface area contributed by atoms with Crippen molar-refractivity contribution >= 4 is 0 Å². The number of hydrogen-bond acceptors (Lipinski definition) is 2. The second kappa shape index (κ2) is 3.81. The maximum atomic E-state index is 5.51. The van der Waals surface area contributed by atoms with E-state index in [1.807, 2.05) is 6.07 Å². The first-order valence-electron chi connectivity index (χ1n) is 5.67. The van der Waals surface area contributed by atoms with Crippen molar-refractivity contribution in [2.45, 2.75) is 6.42 Å². The van der Waals surface area contributed by atoms with Crippen molar-refractivity contribution < 1.29 is 9.47 Å². The van der Waals surface area contributed by atoms with E-state index < -0.39 is 0 Å². The van der Waals surface area contributed by atoms with Gasteiger partial charge < -0.3 is 9.47 Å². The first kappa shape index (κ1) is 10.2. The normalized spacial score (nSPS) is 11.9. The standard InChI is InChI=1S/C15H14O2/c1-16-13-8-7-11-9-10-5-3-4-6-12(10)14(11)15(13)17-2/h3-8H,9H2,1-2H3. The second-order valence-electron chi connectivity index (χ2n) is 4.17. The highest BCUT2D eigenvalue weighted by Gasteiger charge is 2.24. The molecule has 0 spiro atoms. The van der Waals surface area contributed by atoms with Gasteiger partial charge in [-0.2, -0.15) is 0 Å². The van der Waals surface area contributed by atoms with Crippen LogP contribution in [0.1, 0.15) is 11.1 Å². The average molecular weight is 226 g/mol. The summed E-state index contributed by atoms with van der Waals surface area (Å²) in [5, 5.41) is 0. The number of hydrogen-bond donors (Lipinski definition) is 0. The first-order chi connectivity index (χ1) is 8.35. The number of methoxy groups -OCH3 is 2. The zero-order valence-corrected chi connectivity index (χ0v) is 9.99. The molecule has 86 valence electrons. The maximum Gasteiger partial charge on any atom is 0.168 e. The Morgan fingerprint density at radius 3 is 2.47 bits per heavy atom. The summed E-state index contributed by atoms with van der Waals surface area (Å²) in [6.45, 7) is 0. The van der Waals surface area contributed by atoms with E-state index in [1.54, 1.807) is 14.2 Å². The summed E-state index contributed by atoms with van der Waals surface area (Å²) in [6.07, 6.45) is 0.978. The highest BCUT2D eigenvalue weighted by molar-refractivity contribution is 5.83. The van der Waals surface area contributed by atoms with E-state index in [0.717, 1.165) is 17.9 Å². The summed E-state index contributed by atoms with van der Waals surface area (Å²) in [4.78, 5) is 0. The van der Waals surface area contributed by atoms with Gasteiger partial charge in [0, 0.05) is 5.56 Å². The van der Waals surface area contributed by atoms with Gasteiger partial charge in [0.05, 0.1) is 14.2 Å². The summed E-state index contributed by atoms with van der Waals surface area (Å²) in [7, 11) is 3.37. The van der Waals surface area contributed by atoms with E-state index in [-0.39, 0.29) is 0 Å². The molecule has 0 unspecified atom stereocenters. The molecule has 1 aliphatic rings. The van der Waals surface area contributed by atoms with Crippen LogP contribution in [0.4, 0.5) is 0 Å². The molecule has 0 saturated heterocycles. The molecule has 2 aromatic rings. The first-order valence-corrected chi connectivity index (χ1v) is 5.67. The topological polar surface area (TPSA) is 18.5 Å². The summed E-state index contributed by atoms with van der Waals surface area (Å²) < 4.78 is 10.9. The Hall–Kier alpha value is -1.96. The largest absolute Gasteiger partial charge is 0.493 e. The zero-order chi connectivity index (χ0) is 11.8. The molecule has 0 amide bonds. The molecule has 0 aromatic heterocycles. The molecule has 1 aliphatic carbocycles. The third-order valence-electron chi connectivity index (χ3n) is 3.30. The molecule has 0 radical (unpaired) electrons. The van der Waals surface area contributed by atoms with Crippen LogP contribution < -0.4 is 9.47 Å². The van der Waals surface area contributed by atoms with E-state index in [1.165, 1.54) is 22.3 Å². The van der Waals surface area contributed by atoms with Crippen LogP contribution in [0.25, 0.3) is 11.1 Å². The number of fused-ring (bicyclic) bond motifs is 3. The summed E-state index contributed by atoms with van der Waals surface area (Å²) in [6, 6.07) is 12.5. The molecule has 3 rings (SSSR count). The van der Waals surface area contributed by atoms with E-state index in [0.29, 0.717) is 0 Å². The molecular formula is C15H14O2. The van der Waals surface area contributed by atoms with Crippen LogP contribution in [0.5, 0.6) is 11.5 Å². The molecule has 2 nitrogen and oxygen atoms in total. The van der Waals surface area contributed by atoms with Crippen molar-refractivity contribution in [2.24, 2.45) is 0 Å². The third-order valence-corrected chi connectivity index (χ3v) is 3.30. The van der Waals surface area contributed by atoms with Gasteiger partial charge in [0.15, 0.2) is 11.5 Å².